The maximum absolute atomic E-state index is 6.04. The second kappa shape index (κ2) is 12.2. The summed E-state index contributed by atoms with van der Waals surface area (Å²) in [6, 6.07) is 3.98. The predicted octanol–water partition coefficient (Wildman–Crippen LogP) is 6.85. The third-order valence-electron chi connectivity index (χ3n) is 4.36. The molecule has 0 unspecified atom stereocenters. The van der Waals surface area contributed by atoms with Gasteiger partial charge in [0.15, 0.2) is 0 Å². The van der Waals surface area contributed by atoms with Gasteiger partial charge in [0.25, 0.3) is 0 Å². The van der Waals surface area contributed by atoms with E-state index in [0.29, 0.717) is 19.8 Å². The summed E-state index contributed by atoms with van der Waals surface area (Å²) < 4.78 is 11.9. The molecule has 0 bridgehead atoms. The fourth-order valence-electron chi connectivity index (χ4n) is 2.29. The molecule has 1 rings (SSSR count). The lowest BCUT2D eigenvalue weighted by atomic mass is 9.91. The molecule has 6 heteroatoms. The molecule has 0 aromatic heterocycles. The first-order valence-electron chi connectivity index (χ1n) is 9.72. The normalized spacial score (nSPS) is 11.9. The van der Waals surface area contributed by atoms with Crippen molar-refractivity contribution >= 4 is 28.9 Å². The van der Waals surface area contributed by atoms with Crippen molar-refractivity contribution in [2.75, 3.05) is 19.8 Å². The average molecular weight is 430 g/mol. The van der Waals surface area contributed by atoms with Gasteiger partial charge in [-0.15, -0.1) is 0 Å². The topological polar surface area (TPSA) is 40.0 Å². The summed E-state index contributed by atoms with van der Waals surface area (Å²) in [5.41, 5.74) is 3.21. The Morgan fingerprint density at radius 3 is 2.39 bits per heavy atom. The molecular formula is C22H33Cl2NO3. The monoisotopic (exact) mass is 429 g/mol. The molecular weight excluding hydrogens is 397 g/mol. The molecule has 0 radical (unpaired) electrons. The van der Waals surface area contributed by atoms with Gasteiger partial charge in [0.1, 0.15) is 29.2 Å². The zero-order valence-corrected chi connectivity index (χ0v) is 19.4. The summed E-state index contributed by atoms with van der Waals surface area (Å²) in [5.74, 6) is 1.72. The molecule has 0 aliphatic heterocycles. The van der Waals surface area contributed by atoms with Gasteiger partial charge in [-0.05, 0) is 62.4 Å². The zero-order valence-electron chi connectivity index (χ0n) is 17.9. The number of nitrogens with zero attached hydrogens (tertiary/aromatic N) is 1. The van der Waals surface area contributed by atoms with Crippen molar-refractivity contribution in [3.63, 3.8) is 0 Å². The van der Waals surface area contributed by atoms with Crippen molar-refractivity contribution in [1.82, 2.24) is 0 Å². The molecule has 0 heterocycles. The Balaban J connectivity index is 2.48. The predicted molar refractivity (Wildman–Crippen MR) is 119 cm³/mol. The molecule has 4 nitrogen and oxygen atoms in total. The SMILES string of the molecule is CCc1cc(OCC=C(Cl)Cl)cc(C)c1OCCCCO/N=C(\C)C(C)(C)C. The van der Waals surface area contributed by atoms with Crippen LogP contribution in [0.15, 0.2) is 27.9 Å². The van der Waals surface area contributed by atoms with Crippen molar-refractivity contribution in [1.29, 1.82) is 0 Å². The van der Waals surface area contributed by atoms with Gasteiger partial charge in [-0.3, -0.25) is 0 Å². The van der Waals surface area contributed by atoms with Crippen LogP contribution in [0.3, 0.4) is 0 Å². The standard InChI is InChI=1S/C22H33Cl2NO3/c1-7-18-15-19(26-13-10-20(23)24)14-16(2)21(18)27-11-8-9-12-28-25-17(3)22(4,5)6/h10,14-15H,7-9,11-13H2,1-6H3/b25-17+. The molecule has 28 heavy (non-hydrogen) atoms. The van der Waals surface area contributed by atoms with Gasteiger partial charge in [-0.1, -0.05) is 56.1 Å². The highest BCUT2D eigenvalue weighted by Gasteiger charge is 2.14. The minimum Gasteiger partial charge on any atom is -0.493 e. The third kappa shape index (κ3) is 9.20. The van der Waals surface area contributed by atoms with E-state index in [9.17, 15) is 0 Å². The van der Waals surface area contributed by atoms with Gasteiger partial charge in [0.05, 0.1) is 12.3 Å². The van der Waals surface area contributed by atoms with Crippen molar-refractivity contribution in [2.45, 2.75) is 60.8 Å². The first-order valence-corrected chi connectivity index (χ1v) is 10.5. The van der Waals surface area contributed by atoms with Crippen molar-refractivity contribution < 1.29 is 14.3 Å². The van der Waals surface area contributed by atoms with Crippen LogP contribution < -0.4 is 9.47 Å². The molecule has 0 amide bonds. The Labute approximate surface area is 179 Å². The van der Waals surface area contributed by atoms with Crippen LogP contribution in [0.5, 0.6) is 11.5 Å². The lowest BCUT2D eigenvalue weighted by Gasteiger charge is -2.17. The van der Waals surface area contributed by atoms with E-state index in [0.717, 1.165) is 47.6 Å². The molecule has 0 atom stereocenters. The number of oxime groups is 1. The fraction of sp³-hybridized carbons (Fsp3) is 0.591. The first kappa shape index (κ1) is 24.6. The third-order valence-corrected chi connectivity index (χ3v) is 4.67. The van der Waals surface area contributed by atoms with Crippen LogP contribution in [-0.4, -0.2) is 25.5 Å². The van der Waals surface area contributed by atoms with Gasteiger partial charge in [-0.2, -0.15) is 0 Å². The molecule has 158 valence electrons. The summed E-state index contributed by atoms with van der Waals surface area (Å²) in [6.07, 6.45) is 4.28. The number of hydrogen-bond donors (Lipinski definition) is 0. The quantitative estimate of drug-likeness (QED) is 0.219. The van der Waals surface area contributed by atoms with Gasteiger partial charge in [-0.25, -0.2) is 0 Å². The number of unbranched alkanes of at least 4 members (excludes halogenated alkanes) is 1. The van der Waals surface area contributed by atoms with Crippen LogP contribution in [0.25, 0.3) is 0 Å². The Hall–Kier alpha value is -1.39. The summed E-state index contributed by atoms with van der Waals surface area (Å²) in [5, 5.41) is 4.18. The van der Waals surface area contributed by atoms with Crippen LogP contribution in [0, 0.1) is 12.3 Å². The number of ether oxygens (including phenoxy) is 2. The summed E-state index contributed by atoms with van der Waals surface area (Å²) in [4.78, 5) is 5.41. The highest BCUT2D eigenvalue weighted by molar-refractivity contribution is 6.55. The molecule has 0 spiro atoms. The summed E-state index contributed by atoms with van der Waals surface area (Å²) >= 11 is 11.2. The van der Waals surface area contributed by atoms with E-state index in [-0.39, 0.29) is 9.91 Å². The van der Waals surface area contributed by atoms with Crippen molar-refractivity contribution in [3.05, 3.63) is 33.8 Å². The Kier molecular flexibility index (Phi) is 10.8. The second-order valence-electron chi connectivity index (χ2n) is 7.70. The first-order chi connectivity index (χ1) is 13.1. The van der Waals surface area contributed by atoms with Gasteiger partial charge in [0, 0.05) is 5.41 Å². The Morgan fingerprint density at radius 1 is 1.11 bits per heavy atom. The zero-order chi connectivity index (χ0) is 21.2. The Morgan fingerprint density at radius 2 is 1.79 bits per heavy atom. The summed E-state index contributed by atoms with van der Waals surface area (Å²) in [7, 11) is 0. The van der Waals surface area contributed by atoms with Gasteiger partial charge >= 0.3 is 0 Å². The van der Waals surface area contributed by atoms with Crippen LogP contribution in [0.4, 0.5) is 0 Å². The maximum atomic E-state index is 6.04. The van der Waals surface area contributed by atoms with E-state index in [1.165, 1.54) is 0 Å². The number of aryl methyl sites for hydroxylation is 2. The highest BCUT2D eigenvalue weighted by Crippen LogP contribution is 2.30. The van der Waals surface area contributed by atoms with Crippen molar-refractivity contribution in [3.8, 4) is 11.5 Å². The maximum Gasteiger partial charge on any atom is 0.125 e. The van der Waals surface area contributed by atoms with E-state index in [4.69, 9.17) is 37.5 Å². The number of benzene rings is 1. The van der Waals surface area contributed by atoms with Crippen LogP contribution in [0.1, 0.15) is 58.6 Å². The molecule has 0 saturated heterocycles. The molecule has 1 aromatic rings. The number of rotatable bonds is 11. The summed E-state index contributed by atoms with van der Waals surface area (Å²) in [6.45, 7) is 14.1. The fourth-order valence-corrected chi connectivity index (χ4v) is 2.41. The minimum absolute atomic E-state index is 0.0413. The van der Waals surface area contributed by atoms with Gasteiger partial charge in [0.2, 0.25) is 0 Å². The highest BCUT2D eigenvalue weighted by atomic mass is 35.5. The second-order valence-corrected chi connectivity index (χ2v) is 8.71. The molecule has 0 saturated carbocycles. The van der Waals surface area contributed by atoms with Gasteiger partial charge < -0.3 is 14.3 Å². The van der Waals surface area contributed by atoms with E-state index >= 15 is 0 Å². The lowest BCUT2D eigenvalue weighted by molar-refractivity contribution is 0.132. The van der Waals surface area contributed by atoms with Crippen LogP contribution >= 0.6 is 23.2 Å². The molecule has 0 aliphatic carbocycles. The van der Waals surface area contributed by atoms with E-state index in [1.54, 1.807) is 6.08 Å². The number of hydrogen-bond acceptors (Lipinski definition) is 4. The van der Waals surface area contributed by atoms with E-state index in [2.05, 4.69) is 32.9 Å². The van der Waals surface area contributed by atoms with Crippen LogP contribution in [-0.2, 0) is 11.3 Å². The number of halogens is 2. The van der Waals surface area contributed by atoms with E-state index < -0.39 is 0 Å². The van der Waals surface area contributed by atoms with E-state index in [1.807, 2.05) is 26.0 Å². The average Bonchev–Trinajstić information content (AvgIpc) is 2.60. The molecule has 0 N–H and O–H groups in total. The van der Waals surface area contributed by atoms with Crippen molar-refractivity contribution in [2.24, 2.45) is 10.6 Å². The minimum atomic E-state index is 0.0413. The molecule has 1 aromatic carbocycles. The lowest BCUT2D eigenvalue weighted by Crippen LogP contribution is -2.17. The molecule has 0 fully saturated rings. The molecule has 0 aliphatic rings. The van der Waals surface area contributed by atoms with Crippen LogP contribution in [0.2, 0.25) is 0 Å². The largest absolute Gasteiger partial charge is 0.493 e. The Bertz CT molecular complexity index is 675. The smallest absolute Gasteiger partial charge is 0.125 e.